The Morgan fingerprint density at radius 1 is 0.359 bits per heavy atom. The smallest absolute Gasteiger partial charge is 0.305 e. The van der Waals surface area contributed by atoms with Gasteiger partial charge in [0, 0.05) is 12.8 Å². The van der Waals surface area contributed by atoms with Crippen LogP contribution in [0.2, 0.25) is 0 Å². The fourth-order valence-electron chi connectivity index (χ4n) is 11.3. The van der Waals surface area contributed by atoms with Crippen LogP contribution in [0.15, 0.2) is 24.3 Å². The summed E-state index contributed by atoms with van der Waals surface area (Å²) in [6, 6.07) is -0.547. The molecule has 0 spiro atoms. The molecular formula is C72H139NO5. The molecule has 6 heteroatoms. The predicted molar refractivity (Wildman–Crippen MR) is 343 cm³/mol. The van der Waals surface area contributed by atoms with Crippen molar-refractivity contribution in [3.05, 3.63) is 24.3 Å². The van der Waals surface area contributed by atoms with Crippen molar-refractivity contribution in [1.82, 2.24) is 5.32 Å². The molecular weight excluding hydrogens is 959 g/mol. The van der Waals surface area contributed by atoms with Crippen LogP contribution in [0, 0.1) is 0 Å². The maximum atomic E-state index is 12.5. The number of unbranched alkanes of at least 4 members (excludes halogenated alkanes) is 52. The molecule has 2 atom stereocenters. The molecule has 0 radical (unpaired) electrons. The molecule has 0 aliphatic heterocycles. The maximum absolute atomic E-state index is 12.5. The molecule has 3 N–H and O–H groups in total. The lowest BCUT2D eigenvalue weighted by atomic mass is 10.0. The molecule has 0 fully saturated rings. The van der Waals surface area contributed by atoms with Crippen LogP contribution in [-0.4, -0.2) is 47.4 Å². The third-order valence-electron chi connectivity index (χ3n) is 16.8. The lowest BCUT2D eigenvalue weighted by Crippen LogP contribution is -2.45. The van der Waals surface area contributed by atoms with Crippen LogP contribution in [0.4, 0.5) is 0 Å². The Morgan fingerprint density at radius 2 is 0.641 bits per heavy atom. The van der Waals surface area contributed by atoms with E-state index in [1.807, 2.05) is 0 Å². The molecule has 78 heavy (non-hydrogen) atoms. The van der Waals surface area contributed by atoms with Gasteiger partial charge in [0.2, 0.25) is 5.91 Å². The first-order valence-corrected chi connectivity index (χ1v) is 35.6. The van der Waals surface area contributed by atoms with E-state index in [9.17, 15) is 19.8 Å². The molecule has 0 aromatic carbocycles. The van der Waals surface area contributed by atoms with Crippen molar-refractivity contribution in [2.24, 2.45) is 0 Å². The number of rotatable bonds is 67. The molecule has 0 aromatic heterocycles. The first-order chi connectivity index (χ1) is 38.5. The van der Waals surface area contributed by atoms with Crippen molar-refractivity contribution in [3.8, 4) is 0 Å². The number of amides is 1. The monoisotopic (exact) mass is 1100 g/mol. The van der Waals surface area contributed by atoms with Gasteiger partial charge in [0.05, 0.1) is 25.4 Å². The number of carbonyl (C=O) groups excluding carboxylic acids is 2. The SMILES string of the molecule is CCCCCCCCCCCCCCCCCCCCCCC(O)C(CO)NC(=O)CCCCCCCCCCC/C=C\C/C=C\CCCCCCCCCCCOC(=O)CCCCCCCCCCCCCCCCCC. The van der Waals surface area contributed by atoms with Crippen LogP contribution in [0.5, 0.6) is 0 Å². The zero-order valence-corrected chi connectivity index (χ0v) is 52.9. The predicted octanol–water partition coefficient (Wildman–Crippen LogP) is 22.9. The summed E-state index contributed by atoms with van der Waals surface area (Å²) in [6.07, 6.45) is 85.1. The fourth-order valence-corrected chi connectivity index (χ4v) is 11.3. The summed E-state index contributed by atoms with van der Waals surface area (Å²) in [4.78, 5) is 24.6. The van der Waals surface area contributed by atoms with Gasteiger partial charge < -0.3 is 20.3 Å². The molecule has 0 heterocycles. The van der Waals surface area contributed by atoms with Crippen LogP contribution in [0.1, 0.15) is 399 Å². The van der Waals surface area contributed by atoms with Gasteiger partial charge >= 0.3 is 5.97 Å². The second-order valence-corrected chi connectivity index (χ2v) is 24.6. The minimum atomic E-state index is -0.669. The molecule has 0 saturated heterocycles. The molecule has 0 saturated carbocycles. The third-order valence-corrected chi connectivity index (χ3v) is 16.8. The number of aliphatic hydroxyl groups excluding tert-OH is 2. The summed E-state index contributed by atoms with van der Waals surface area (Å²) in [5.74, 6) is -0.0236. The van der Waals surface area contributed by atoms with E-state index >= 15 is 0 Å². The van der Waals surface area contributed by atoms with Crippen molar-refractivity contribution in [3.63, 3.8) is 0 Å². The van der Waals surface area contributed by atoms with E-state index in [1.165, 1.54) is 321 Å². The van der Waals surface area contributed by atoms with Gasteiger partial charge in [-0.05, 0) is 57.8 Å². The van der Waals surface area contributed by atoms with Crippen molar-refractivity contribution in [2.75, 3.05) is 13.2 Å². The number of esters is 1. The van der Waals surface area contributed by atoms with Gasteiger partial charge in [0.15, 0.2) is 0 Å². The topological polar surface area (TPSA) is 95.9 Å². The number of aliphatic hydroxyl groups is 2. The van der Waals surface area contributed by atoms with E-state index in [2.05, 4.69) is 43.5 Å². The molecule has 462 valence electrons. The van der Waals surface area contributed by atoms with Crippen molar-refractivity contribution in [2.45, 2.75) is 411 Å². The Labute approximate surface area is 488 Å². The standard InChI is InChI=1S/C72H139NO5/c1-3-5-7-9-11-13-15-17-19-21-22-30-33-36-40-44-48-52-56-60-64-70(75)69(68-74)73-71(76)65-61-57-53-49-45-41-37-34-31-28-26-24-23-25-27-29-32-35-39-43-47-51-55-59-63-67-78-72(77)66-62-58-54-50-46-42-38-20-18-16-14-12-10-8-6-4-2/h24-27,69-70,74-75H,3-23,28-68H2,1-2H3,(H,73,76)/b26-24-,27-25-. The van der Waals surface area contributed by atoms with E-state index in [4.69, 9.17) is 4.74 Å². The van der Waals surface area contributed by atoms with E-state index in [0.29, 0.717) is 25.9 Å². The van der Waals surface area contributed by atoms with Crippen molar-refractivity contribution < 1.29 is 24.5 Å². The van der Waals surface area contributed by atoms with Gasteiger partial charge in [-0.1, -0.05) is 353 Å². The van der Waals surface area contributed by atoms with Crippen LogP contribution in [0.3, 0.4) is 0 Å². The highest BCUT2D eigenvalue weighted by molar-refractivity contribution is 5.76. The quantitative estimate of drug-likeness (QED) is 0.0320. The Morgan fingerprint density at radius 3 is 0.974 bits per heavy atom. The highest BCUT2D eigenvalue weighted by atomic mass is 16.5. The van der Waals surface area contributed by atoms with E-state index in [1.54, 1.807) is 0 Å². The minimum Gasteiger partial charge on any atom is -0.466 e. The third kappa shape index (κ3) is 63.5. The minimum absolute atomic E-state index is 0.0134. The summed E-state index contributed by atoms with van der Waals surface area (Å²) >= 11 is 0. The molecule has 0 rings (SSSR count). The van der Waals surface area contributed by atoms with Crippen molar-refractivity contribution >= 4 is 11.9 Å². The molecule has 1 amide bonds. The lowest BCUT2D eigenvalue weighted by molar-refractivity contribution is -0.143. The Balaban J connectivity index is 3.42. The summed E-state index contributed by atoms with van der Waals surface area (Å²) in [5, 5.41) is 23.4. The van der Waals surface area contributed by atoms with E-state index in [0.717, 1.165) is 44.9 Å². The van der Waals surface area contributed by atoms with Gasteiger partial charge in [-0.15, -0.1) is 0 Å². The average Bonchev–Trinajstić information content (AvgIpc) is 3.44. The van der Waals surface area contributed by atoms with Gasteiger partial charge in [0.1, 0.15) is 0 Å². The Kier molecular flexibility index (Phi) is 66.4. The van der Waals surface area contributed by atoms with Crippen LogP contribution >= 0.6 is 0 Å². The zero-order chi connectivity index (χ0) is 56.4. The summed E-state index contributed by atoms with van der Waals surface area (Å²) in [5.41, 5.74) is 0. The van der Waals surface area contributed by atoms with Crippen LogP contribution in [0.25, 0.3) is 0 Å². The number of carbonyl (C=O) groups is 2. The number of ether oxygens (including phenoxy) is 1. The van der Waals surface area contributed by atoms with E-state index in [-0.39, 0.29) is 18.5 Å². The van der Waals surface area contributed by atoms with Crippen LogP contribution < -0.4 is 5.32 Å². The van der Waals surface area contributed by atoms with Gasteiger partial charge in [0.25, 0.3) is 0 Å². The lowest BCUT2D eigenvalue weighted by Gasteiger charge is -2.22. The second-order valence-electron chi connectivity index (χ2n) is 24.6. The van der Waals surface area contributed by atoms with E-state index < -0.39 is 12.1 Å². The van der Waals surface area contributed by atoms with Gasteiger partial charge in [-0.3, -0.25) is 9.59 Å². The number of nitrogens with one attached hydrogen (secondary N) is 1. The molecule has 2 unspecified atom stereocenters. The molecule has 0 aliphatic rings. The zero-order valence-electron chi connectivity index (χ0n) is 52.9. The van der Waals surface area contributed by atoms with Gasteiger partial charge in [-0.25, -0.2) is 0 Å². The summed E-state index contributed by atoms with van der Waals surface area (Å²) in [7, 11) is 0. The maximum Gasteiger partial charge on any atom is 0.305 e. The normalized spacial score (nSPS) is 12.6. The first kappa shape index (κ1) is 76.3. The summed E-state index contributed by atoms with van der Waals surface area (Å²) in [6.45, 7) is 4.99. The number of allylic oxidation sites excluding steroid dienone is 4. The number of hydrogen-bond donors (Lipinski definition) is 3. The molecule has 0 aromatic rings. The highest BCUT2D eigenvalue weighted by Crippen LogP contribution is 2.19. The summed E-state index contributed by atoms with van der Waals surface area (Å²) < 4.78 is 5.50. The molecule has 0 aliphatic carbocycles. The van der Waals surface area contributed by atoms with Gasteiger partial charge in [-0.2, -0.15) is 0 Å². The van der Waals surface area contributed by atoms with Crippen molar-refractivity contribution in [1.29, 1.82) is 0 Å². The largest absolute Gasteiger partial charge is 0.466 e. The fraction of sp³-hybridized carbons (Fsp3) is 0.917. The average molecular weight is 1100 g/mol. The molecule has 6 nitrogen and oxygen atoms in total. The Bertz CT molecular complexity index is 1220. The van der Waals surface area contributed by atoms with Crippen LogP contribution in [-0.2, 0) is 14.3 Å². The highest BCUT2D eigenvalue weighted by Gasteiger charge is 2.20. The second kappa shape index (κ2) is 67.8. The first-order valence-electron chi connectivity index (χ1n) is 35.6. The number of hydrogen-bond acceptors (Lipinski definition) is 5. The Hall–Kier alpha value is -1.66. The molecule has 0 bridgehead atoms.